The number of rotatable bonds is 10. The molecule has 474 valence electrons. The van der Waals surface area contributed by atoms with Gasteiger partial charge in [-0.1, -0.05) is 96.9 Å². The number of aliphatic carboxylic acids is 2. The standard InChI is InChI=1S/C20H25ClFNO4.C16H19ClFNO.C13H21NO4.C8H13NO2.C7H7ClFN/c1-20(2,3)27-19(25)23-15-9-5-6-12(15)10-16(23)18(24)26-11-13-7-4-8-14(21)17(13)22;17-12-5-1-3-10(16(12)18)7-8-15(20)14-9-11-4-2-6-13(11)19-14;1-13(2,3)18-12(17)14-9-6-4-5-8(9)7-10(14)11(15)16;10-8(11)7-4-5-2-1-3-6(5)9-7;8-6-3-1-2-5(4-10)7(6)9/h4,7-8,12,15-16H,5-6,9-11H2,1-3H3;1,3,5,11,13-14,19H,2,4,6-9H2;8-10H,4-7H2,1-3H3,(H,15,16);5-7,9H,1-4H2,(H,10,11);1-3H,4,10H2/t12-,15-,16+;11-,13-,14+;8-,9-,10+;5-,6-,7+;/m1111./s1. The summed E-state index contributed by atoms with van der Waals surface area (Å²) in [6, 6.07) is 13.7. The molecule has 11 rings (SSSR count). The van der Waals surface area contributed by atoms with Crippen LogP contribution in [0.5, 0.6) is 0 Å². The highest BCUT2D eigenvalue weighted by Gasteiger charge is 2.52. The van der Waals surface area contributed by atoms with Gasteiger partial charge in [-0.15, -0.1) is 0 Å². The lowest BCUT2D eigenvalue weighted by Crippen LogP contribution is -2.47. The van der Waals surface area contributed by atoms with E-state index >= 15 is 0 Å². The minimum absolute atomic E-state index is 0.000283. The SMILES string of the molecule is CC(C)(C)OC(=O)N1[C@@H]2CCC[C@@H]2C[C@H]1C(=O)O.CC(C)(C)OC(=O)N1[C@@H]2CCC[C@@H]2C[C@H]1C(=O)OCc1cccc(Cl)c1F.NCc1cccc(Cl)c1F.O=C(CCc1cccc(Cl)c1F)[C@@H]1C[C@H]2CCC[C@H]2N1.O=C(O)[C@@H]1C[C@H]2CCC[C@H]2N1. The van der Waals surface area contributed by atoms with Crippen LogP contribution in [-0.2, 0) is 53.0 Å². The molecule has 4 saturated heterocycles. The van der Waals surface area contributed by atoms with E-state index in [4.69, 9.17) is 59.9 Å². The minimum atomic E-state index is -0.921. The van der Waals surface area contributed by atoms with Crippen molar-refractivity contribution in [2.75, 3.05) is 0 Å². The van der Waals surface area contributed by atoms with Crippen LogP contribution < -0.4 is 16.4 Å². The molecule has 2 amide bonds. The van der Waals surface area contributed by atoms with Crippen molar-refractivity contribution in [3.8, 4) is 0 Å². The van der Waals surface area contributed by atoms with Crippen molar-refractivity contribution >= 4 is 70.7 Å². The van der Waals surface area contributed by atoms with Crippen LogP contribution in [0.2, 0.25) is 15.1 Å². The Morgan fingerprint density at radius 2 is 0.977 bits per heavy atom. The molecule has 0 unspecified atom stereocenters. The van der Waals surface area contributed by atoms with Gasteiger partial charge in [0.2, 0.25) is 0 Å². The molecule has 4 aliphatic heterocycles. The van der Waals surface area contributed by atoms with Gasteiger partial charge in [-0.05, 0) is 172 Å². The third kappa shape index (κ3) is 18.0. The van der Waals surface area contributed by atoms with Gasteiger partial charge >= 0.3 is 30.1 Å². The first kappa shape index (κ1) is 68.3. The number of hydrogen-bond acceptors (Lipinski definition) is 12. The minimum Gasteiger partial charge on any atom is -0.480 e. The molecular formula is C64H85Cl3F3N5O11. The summed E-state index contributed by atoms with van der Waals surface area (Å²) in [4.78, 5) is 74.6. The van der Waals surface area contributed by atoms with E-state index in [1.54, 1.807) is 76.8 Å². The van der Waals surface area contributed by atoms with Crippen LogP contribution in [0.4, 0.5) is 22.8 Å². The number of Topliss-reactive ketones (excluding diaryl/α,β-unsaturated/α-hetero) is 1. The molecule has 12 atom stereocenters. The number of likely N-dealkylation sites (tertiary alicyclic amines) is 2. The Morgan fingerprint density at radius 1 is 0.558 bits per heavy atom. The predicted octanol–water partition coefficient (Wildman–Crippen LogP) is 13.0. The summed E-state index contributed by atoms with van der Waals surface area (Å²) in [5, 5.41) is 24.8. The van der Waals surface area contributed by atoms with Crippen LogP contribution in [0.1, 0.15) is 167 Å². The van der Waals surface area contributed by atoms with Crippen molar-refractivity contribution in [1.29, 1.82) is 0 Å². The first-order valence-corrected chi connectivity index (χ1v) is 31.5. The molecule has 22 heteroatoms. The fourth-order valence-corrected chi connectivity index (χ4v) is 14.3. The van der Waals surface area contributed by atoms with Crippen LogP contribution in [0, 0.1) is 41.1 Å². The molecule has 0 aromatic heterocycles. The van der Waals surface area contributed by atoms with Gasteiger partial charge in [0.25, 0.3) is 0 Å². The third-order valence-electron chi connectivity index (χ3n) is 17.7. The number of ether oxygens (including phenoxy) is 3. The van der Waals surface area contributed by atoms with E-state index in [0.717, 1.165) is 51.4 Å². The quantitative estimate of drug-likeness (QED) is 0.0940. The average Bonchev–Trinajstić information content (AvgIpc) is 1.91. The topological polar surface area (TPSA) is 227 Å². The monoisotopic (exact) mass is 1260 g/mol. The van der Waals surface area contributed by atoms with Gasteiger partial charge in [0.15, 0.2) is 0 Å². The smallest absolute Gasteiger partial charge is 0.411 e. The maximum Gasteiger partial charge on any atom is 0.411 e. The average molecular weight is 1260 g/mol. The van der Waals surface area contributed by atoms with E-state index in [0.29, 0.717) is 66.6 Å². The number of nitrogens with zero attached hydrogens (tertiary/aromatic N) is 2. The molecular weight excluding hydrogens is 1180 g/mol. The second-order valence-corrected chi connectivity index (χ2v) is 27.1. The third-order valence-corrected chi connectivity index (χ3v) is 18.6. The number of nitrogens with two attached hydrogens (primary N) is 1. The molecule has 0 spiro atoms. The number of esters is 1. The van der Waals surface area contributed by atoms with Crippen molar-refractivity contribution in [2.24, 2.45) is 29.4 Å². The number of hydrogen-bond donors (Lipinski definition) is 5. The van der Waals surface area contributed by atoms with Crippen molar-refractivity contribution in [3.05, 3.63) is 104 Å². The molecule has 0 bridgehead atoms. The van der Waals surface area contributed by atoms with E-state index in [1.165, 1.54) is 67.7 Å². The molecule has 16 nitrogen and oxygen atoms in total. The van der Waals surface area contributed by atoms with Gasteiger partial charge in [-0.3, -0.25) is 19.4 Å². The molecule has 4 heterocycles. The highest BCUT2D eigenvalue weighted by Crippen LogP contribution is 2.44. The number of nitrogens with one attached hydrogen (secondary N) is 2. The number of carbonyl (C=O) groups is 6. The van der Waals surface area contributed by atoms with E-state index in [2.05, 4.69) is 10.6 Å². The van der Waals surface area contributed by atoms with Crippen molar-refractivity contribution in [3.63, 3.8) is 0 Å². The summed E-state index contributed by atoms with van der Waals surface area (Å²) in [7, 11) is 0. The Morgan fingerprint density at radius 3 is 1.44 bits per heavy atom. The summed E-state index contributed by atoms with van der Waals surface area (Å²) < 4.78 is 56.7. The summed E-state index contributed by atoms with van der Waals surface area (Å²) in [6.07, 6.45) is 16.0. The molecule has 8 aliphatic rings. The number of carboxylic acid groups (broad SMARTS) is 2. The van der Waals surface area contributed by atoms with Gasteiger partial charge in [-0.2, -0.15) is 0 Å². The van der Waals surface area contributed by atoms with Gasteiger partial charge in [-0.25, -0.2) is 32.3 Å². The summed E-state index contributed by atoms with van der Waals surface area (Å²) >= 11 is 17.0. The molecule has 86 heavy (non-hydrogen) atoms. The molecule has 8 fully saturated rings. The Labute approximate surface area is 518 Å². The predicted molar refractivity (Wildman–Crippen MR) is 321 cm³/mol. The van der Waals surface area contributed by atoms with Gasteiger partial charge in [0.1, 0.15) is 59.2 Å². The lowest BCUT2D eigenvalue weighted by molar-refractivity contribution is -0.150. The van der Waals surface area contributed by atoms with E-state index in [1.807, 2.05) is 0 Å². The second-order valence-electron chi connectivity index (χ2n) is 25.9. The maximum absolute atomic E-state index is 14.0. The molecule has 0 radical (unpaired) electrons. The fourth-order valence-electron chi connectivity index (χ4n) is 13.7. The lowest BCUT2D eigenvalue weighted by atomic mass is 9.97. The van der Waals surface area contributed by atoms with Gasteiger partial charge < -0.3 is 40.8 Å². The zero-order chi connectivity index (χ0) is 62.8. The Kier molecular flexibility index (Phi) is 24.1. The number of benzene rings is 3. The zero-order valence-electron chi connectivity index (χ0n) is 50.1. The molecule has 6 N–H and O–H groups in total. The van der Waals surface area contributed by atoms with Crippen LogP contribution in [-0.4, -0.2) is 115 Å². The maximum atomic E-state index is 14.0. The Balaban J connectivity index is 0.000000161. The van der Waals surface area contributed by atoms with Gasteiger partial charge in [0.05, 0.1) is 21.1 Å². The number of halogens is 6. The van der Waals surface area contributed by atoms with Crippen LogP contribution in [0.15, 0.2) is 54.6 Å². The lowest BCUT2D eigenvalue weighted by Gasteiger charge is -2.31. The van der Waals surface area contributed by atoms with E-state index in [9.17, 15) is 47.0 Å². The highest BCUT2D eigenvalue weighted by molar-refractivity contribution is 6.31. The molecule has 3 aromatic carbocycles. The van der Waals surface area contributed by atoms with Crippen LogP contribution in [0.25, 0.3) is 0 Å². The summed E-state index contributed by atoms with van der Waals surface area (Å²) in [6.45, 7) is 10.7. The van der Waals surface area contributed by atoms with Gasteiger partial charge in [0, 0.05) is 48.3 Å². The summed E-state index contributed by atoms with van der Waals surface area (Å²) in [5.41, 5.74) is 5.18. The Bertz CT molecular complexity index is 2850. The number of aryl methyl sites for hydroxylation is 1. The van der Waals surface area contributed by atoms with Crippen molar-refractivity contribution in [2.45, 2.75) is 230 Å². The molecule has 4 saturated carbocycles. The number of carboxylic acids is 2. The number of ketones is 1. The number of carbonyl (C=O) groups excluding carboxylic acids is 4. The summed E-state index contributed by atoms with van der Waals surface area (Å²) in [5.74, 6) is -1.40. The zero-order valence-corrected chi connectivity index (χ0v) is 52.3. The fraction of sp³-hybridized carbons (Fsp3) is 0.625. The molecule has 4 aliphatic carbocycles. The van der Waals surface area contributed by atoms with Crippen LogP contribution in [0.3, 0.4) is 0 Å². The largest absolute Gasteiger partial charge is 0.480 e. The first-order chi connectivity index (χ1) is 40.6. The highest BCUT2D eigenvalue weighted by atomic mass is 35.5. The normalized spacial score (nSPS) is 27.5. The Hall–Kier alpha value is -5.18. The number of fused-ring (bicyclic) bond motifs is 4. The first-order valence-electron chi connectivity index (χ1n) is 30.3. The molecule has 3 aromatic rings. The van der Waals surface area contributed by atoms with Crippen LogP contribution >= 0.6 is 34.8 Å². The van der Waals surface area contributed by atoms with Crippen molar-refractivity contribution < 1.29 is 66.4 Å². The van der Waals surface area contributed by atoms with E-state index in [-0.39, 0.29) is 69.7 Å². The number of amides is 2. The van der Waals surface area contributed by atoms with Crippen molar-refractivity contribution in [1.82, 2.24) is 20.4 Å². The van der Waals surface area contributed by atoms with E-state index < -0.39 is 70.8 Å². The second kappa shape index (κ2) is 30.4.